The van der Waals surface area contributed by atoms with E-state index in [4.69, 9.17) is 10.0 Å². The number of nitrogens with one attached hydrogen (secondary N) is 2. The van der Waals surface area contributed by atoms with E-state index in [-0.39, 0.29) is 13.7 Å². The molecule has 0 saturated heterocycles. The zero-order valence-corrected chi connectivity index (χ0v) is 8.32. The Bertz CT molecular complexity index is 357. The first-order valence-electron chi connectivity index (χ1n) is 4.52. The number of amides is 2. The fraction of sp³-hybridized carbons (Fsp3) is 0.222. The van der Waals surface area contributed by atoms with Crippen LogP contribution in [0.25, 0.3) is 11.1 Å². The van der Waals surface area contributed by atoms with Crippen molar-refractivity contribution in [2.75, 3.05) is 11.9 Å². The normalized spacial score (nSPS) is 9.53. The Balaban J connectivity index is 0.000000337. The number of carbonyl (C=O) groups excluding carboxylic acids is 1. The van der Waals surface area contributed by atoms with Gasteiger partial charge in [-0.2, -0.15) is 0 Å². The first-order chi connectivity index (χ1) is 7.22. The van der Waals surface area contributed by atoms with Crippen molar-refractivity contribution in [3.63, 3.8) is 0 Å². The van der Waals surface area contributed by atoms with Gasteiger partial charge in [0.15, 0.2) is 0 Å². The van der Waals surface area contributed by atoms with Crippen molar-refractivity contribution >= 4 is 19.4 Å². The standard InChI is InChI=1S/C9H10N2O.BH2O2/c1-2-10-9(12)11-8-4-3-6-5-7(6)8;2-1-3/h3-5H,2H2,1H3,(H2,10,11,12);2-3H. The van der Waals surface area contributed by atoms with Crippen molar-refractivity contribution in [2.45, 2.75) is 6.92 Å². The average Bonchev–Trinajstić information content (AvgIpc) is 2.86. The summed E-state index contributed by atoms with van der Waals surface area (Å²) in [4.78, 5) is 11.0. The minimum absolute atomic E-state index is 0. The number of benzene rings is 1. The van der Waals surface area contributed by atoms with E-state index in [1.807, 2.05) is 25.1 Å². The van der Waals surface area contributed by atoms with E-state index < -0.39 is 0 Å². The minimum Gasteiger partial charge on any atom is -0.429 e. The zero-order valence-electron chi connectivity index (χ0n) is 8.32. The van der Waals surface area contributed by atoms with E-state index in [0.717, 1.165) is 5.69 Å². The molecule has 0 fully saturated rings. The number of hydrogen-bond donors (Lipinski definition) is 4. The van der Waals surface area contributed by atoms with E-state index in [9.17, 15) is 4.79 Å². The van der Waals surface area contributed by atoms with Gasteiger partial charge in [0.25, 0.3) is 0 Å². The number of anilines is 1. The molecule has 79 valence electrons. The lowest BCUT2D eigenvalue weighted by atomic mass is 10.4. The SMILES string of the molecule is CCNC(=O)Nc1ccc2cc1-2.O[B]O. The monoisotopic (exact) mass is 207 g/mol. The van der Waals surface area contributed by atoms with Crippen molar-refractivity contribution < 1.29 is 14.8 Å². The second-order valence-electron chi connectivity index (χ2n) is 2.86. The van der Waals surface area contributed by atoms with Crippen molar-refractivity contribution in [3.8, 4) is 11.1 Å². The summed E-state index contributed by atoms with van der Waals surface area (Å²) in [5.74, 6) is 0. The molecule has 2 aliphatic rings. The summed E-state index contributed by atoms with van der Waals surface area (Å²) in [5.41, 5.74) is 3.32. The molecule has 1 radical (unpaired) electrons. The van der Waals surface area contributed by atoms with Crippen molar-refractivity contribution in [1.82, 2.24) is 5.32 Å². The van der Waals surface area contributed by atoms with Crippen LogP contribution in [0.3, 0.4) is 0 Å². The number of urea groups is 1. The van der Waals surface area contributed by atoms with Crippen LogP contribution in [0.1, 0.15) is 6.92 Å². The van der Waals surface area contributed by atoms with Gasteiger partial charge >= 0.3 is 13.7 Å². The molecule has 2 aliphatic carbocycles. The molecular weight excluding hydrogens is 195 g/mol. The summed E-state index contributed by atoms with van der Waals surface area (Å²) in [6.07, 6.45) is 0. The summed E-state index contributed by atoms with van der Waals surface area (Å²) in [6.45, 7) is 2.54. The highest BCUT2D eigenvalue weighted by atomic mass is 16.4. The molecule has 0 saturated carbocycles. The smallest absolute Gasteiger partial charge is 0.429 e. The Morgan fingerprint density at radius 2 is 2.13 bits per heavy atom. The van der Waals surface area contributed by atoms with Crippen molar-refractivity contribution in [2.24, 2.45) is 0 Å². The van der Waals surface area contributed by atoms with Crippen LogP contribution in [0.5, 0.6) is 0 Å². The predicted octanol–water partition coefficient (Wildman–Crippen LogP) is 0.314. The molecule has 2 rings (SSSR count). The molecular formula is C9H12BN2O3. The van der Waals surface area contributed by atoms with Crippen molar-refractivity contribution in [3.05, 3.63) is 18.2 Å². The molecule has 6 heteroatoms. The van der Waals surface area contributed by atoms with Gasteiger partial charge in [-0.15, -0.1) is 0 Å². The molecule has 15 heavy (non-hydrogen) atoms. The third-order valence-electron chi connectivity index (χ3n) is 1.83. The van der Waals surface area contributed by atoms with Gasteiger partial charge in [0, 0.05) is 12.1 Å². The van der Waals surface area contributed by atoms with Gasteiger partial charge in [-0.3, -0.25) is 0 Å². The largest absolute Gasteiger partial charge is 0.482 e. The fourth-order valence-electron chi connectivity index (χ4n) is 1.19. The van der Waals surface area contributed by atoms with Gasteiger partial charge in [0.2, 0.25) is 0 Å². The summed E-state index contributed by atoms with van der Waals surface area (Å²) >= 11 is 0. The maximum atomic E-state index is 11.0. The average molecular weight is 207 g/mol. The van der Waals surface area contributed by atoms with Crippen LogP contribution in [-0.2, 0) is 0 Å². The van der Waals surface area contributed by atoms with Gasteiger partial charge in [-0.1, -0.05) is 6.07 Å². The lowest BCUT2D eigenvalue weighted by Gasteiger charge is -2.02. The van der Waals surface area contributed by atoms with Crippen molar-refractivity contribution in [1.29, 1.82) is 0 Å². The minimum atomic E-state index is -0.133. The van der Waals surface area contributed by atoms with E-state index in [0.29, 0.717) is 6.54 Å². The van der Waals surface area contributed by atoms with Crippen LogP contribution < -0.4 is 10.6 Å². The Morgan fingerprint density at radius 1 is 1.47 bits per heavy atom. The molecule has 0 aromatic carbocycles. The third kappa shape index (κ3) is 3.27. The van der Waals surface area contributed by atoms with Gasteiger partial charge in [-0.05, 0) is 24.6 Å². The molecule has 4 N–H and O–H groups in total. The third-order valence-corrected chi connectivity index (χ3v) is 1.83. The lowest BCUT2D eigenvalue weighted by molar-refractivity contribution is 0.252. The van der Waals surface area contributed by atoms with Gasteiger partial charge in [0.05, 0.1) is 5.69 Å². The molecule has 0 aliphatic heterocycles. The number of rotatable bonds is 2. The highest BCUT2D eigenvalue weighted by molar-refractivity contribution is 6.13. The molecule has 0 aromatic rings. The van der Waals surface area contributed by atoms with E-state index in [1.165, 1.54) is 11.1 Å². The number of fused-ring (bicyclic) bond motifs is 1. The summed E-state index contributed by atoms with van der Waals surface area (Å²) in [6, 6.07) is 5.82. The Kier molecular flexibility index (Phi) is 4.14. The predicted molar refractivity (Wildman–Crippen MR) is 58.3 cm³/mol. The molecule has 0 unspecified atom stereocenters. The first kappa shape index (κ1) is 11.5. The van der Waals surface area contributed by atoms with E-state index >= 15 is 0 Å². The maximum absolute atomic E-state index is 11.0. The van der Waals surface area contributed by atoms with Crippen LogP contribution in [0.4, 0.5) is 10.5 Å². The van der Waals surface area contributed by atoms with Gasteiger partial charge < -0.3 is 20.7 Å². The molecule has 5 nitrogen and oxygen atoms in total. The number of hydrogen-bond acceptors (Lipinski definition) is 3. The fourth-order valence-corrected chi connectivity index (χ4v) is 1.19. The molecule has 0 heterocycles. The van der Waals surface area contributed by atoms with Gasteiger partial charge in [-0.25, -0.2) is 4.79 Å². The highest BCUT2D eigenvalue weighted by Gasteiger charge is 2.17. The molecule has 0 atom stereocenters. The summed E-state index contributed by atoms with van der Waals surface area (Å²) in [5, 5.41) is 19.4. The van der Waals surface area contributed by atoms with E-state index in [1.54, 1.807) is 0 Å². The number of carbonyl (C=O) groups is 1. The van der Waals surface area contributed by atoms with Crippen LogP contribution >= 0.6 is 0 Å². The Labute approximate surface area is 88.4 Å². The Morgan fingerprint density at radius 3 is 2.53 bits per heavy atom. The van der Waals surface area contributed by atoms with Crippen LogP contribution in [-0.4, -0.2) is 30.3 Å². The van der Waals surface area contributed by atoms with Crippen LogP contribution in [0.2, 0.25) is 0 Å². The van der Waals surface area contributed by atoms with Crippen LogP contribution in [0, 0.1) is 0 Å². The summed E-state index contributed by atoms with van der Waals surface area (Å²) in [7, 11) is 0. The topological polar surface area (TPSA) is 81.6 Å². The molecule has 2 amide bonds. The summed E-state index contributed by atoms with van der Waals surface area (Å²) < 4.78 is 0. The maximum Gasteiger partial charge on any atom is 0.482 e. The first-order valence-corrected chi connectivity index (χ1v) is 4.52. The lowest BCUT2D eigenvalue weighted by Crippen LogP contribution is -2.27. The highest BCUT2D eigenvalue weighted by Crippen LogP contribution is 2.41. The second kappa shape index (κ2) is 5.38. The van der Waals surface area contributed by atoms with E-state index in [2.05, 4.69) is 10.6 Å². The second-order valence-corrected chi connectivity index (χ2v) is 2.86. The van der Waals surface area contributed by atoms with Gasteiger partial charge in [0.1, 0.15) is 0 Å². The Hall–Kier alpha value is -1.53. The quantitative estimate of drug-likeness (QED) is 0.535. The zero-order chi connectivity index (χ0) is 11.3. The molecule has 0 spiro atoms. The molecule has 0 bridgehead atoms. The molecule has 0 aromatic heterocycles. The van der Waals surface area contributed by atoms with Crippen LogP contribution in [0.15, 0.2) is 18.2 Å².